The molecule has 0 unspecified atom stereocenters. The molecule has 0 amide bonds. The third kappa shape index (κ3) is 3.58. The third-order valence-electron chi connectivity index (χ3n) is 3.22. The molecule has 1 fully saturated rings. The minimum atomic E-state index is 0.303. The molecule has 2 heteroatoms. The van der Waals surface area contributed by atoms with E-state index in [9.17, 15) is 0 Å². The highest BCUT2D eigenvalue weighted by atomic mass is 32.2. The SMILES string of the molecule is CC/C=C/CCC1(c2ccccc2)SCCCS1. The van der Waals surface area contributed by atoms with Gasteiger partial charge in [0.1, 0.15) is 0 Å². The maximum absolute atomic E-state index is 2.35. The van der Waals surface area contributed by atoms with Crippen molar-refractivity contribution in [3.8, 4) is 0 Å². The van der Waals surface area contributed by atoms with Gasteiger partial charge < -0.3 is 0 Å². The molecular weight excluding hydrogens is 256 g/mol. The van der Waals surface area contributed by atoms with Gasteiger partial charge in [-0.15, -0.1) is 23.5 Å². The smallest absolute Gasteiger partial charge is 0.0863 e. The molecule has 0 aliphatic carbocycles. The molecule has 1 saturated heterocycles. The molecule has 1 aromatic carbocycles. The summed E-state index contributed by atoms with van der Waals surface area (Å²) in [5, 5.41) is 0. The van der Waals surface area contributed by atoms with Crippen LogP contribution in [0.1, 0.15) is 38.2 Å². The molecule has 98 valence electrons. The number of hydrogen-bond donors (Lipinski definition) is 0. The Hall–Kier alpha value is -0.340. The Kier molecular flexibility index (Phi) is 5.71. The molecule has 0 aromatic heterocycles. The summed E-state index contributed by atoms with van der Waals surface area (Å²) in [6.07, 6.45) is 9.59. The lowest BCUT2D eigenvalue weighted by Crippen LogP contribution is -2.22. The van der Waals surface area contributed by atoms with E-state index in [2.05, 4.69) is 72.9 Å². The molecule has 1 aromatic rings. The van der Waals surface area contributed by atoms with E-state index in [-0.39, 0.29) is 0 Å². The molecule has 1 aliphatic heterocycles. The van der Waals surface area contributed by atoms with E-state index >= 15 is 0 Å². The fourth-order valence-corrected chi connectivity index (χ4v) is 5.66. The van der Waals surface area contributed by atoms with Crippen molar-refractivity contribution in [3.63, 3.8) is 0 Å². The Morgan fingerprint density at radius 2 is 1.83 bits per heavy atom. The van der Waals surface area contributed by atoms with Crippen molar-refractivity contribution in [2.45, 2.75) is 36.7 Å². The van der Waals surface area contributed by atoms with Crippen LogP contribution in [-0.4, -0.2) is 11.5 Å². The van der Waals surface area contributed by atoms with E-state index < -0.39 is 0 Å². The predicted octanol–water partition coefficient (Wildman–Crippen LogP) is 5.46. The maximum Gasteiger partial charge on any atom is 0.0863 e. The van der Waals surface area contributed by atoms with Crippen molar-refractivity contribution < 1.29 is 0 Å². The van der Waals surface area contributed by atoms with E-state index in [0.717, 1.165) is 6.42 Å². The number of benzene rings is 1. The zero-order valence-corrected chi connectivity index (χ0v) is 12.7. The number of hydrogen-bond acceptors (Lipinski definition) is 2. The second-order valence-corrected chi connectivity index (χ2v) is 7.63. The standard InChI is InChI=1S/C16H22S2/c1-2-3-4-8-12-16(17-13-9-14-18-16)15-10-6-5-7-11-15/h3-7,10-11H,2,8-9,12-14H2,1H3/b4-3+. The Bertz CT molecular complexity index is 364. The summed E-state index contributed by atoms with van der Waals surface area (Å²) in [4.78, 5) is 0. The lowest BCUT2D eigenvalue weighted by molar-refractivity contribution is 0.760. The van der Waals surface area contributed by atoms with Crippen LogP contribution in [0.3, 0.4) is 0 Å². The molecule has 0 radical (unpaired) electrons. The normalized spacial score (nSPS) is 19.2. The highest BCUT2D eigenvalue weighted by Gasteiger charge is 2.34. The number of rotatable bonds is 5. The fourth-order valence-electron chi connectivity index (χ4n) is 2.28. The van der Waals surface area contributed by atoms with Gasteiger partial charge in [0.2, 0.25) is 0 Å². The van der Waals surface area contributed by atoms with Crippen LogP contribution in [-0.2, 0) is 4.08 Å². The molecule has 0 N–H and O–H groups in total. The van der Waals surface area contributed by atoms with Gasteiger partial charge >= 0.3 is 0 Å². The Balaban J connectivity index is 2.10. The summed E-state index contributed by atoms with van der Waals surface area (Å²) < 4.78 is 0.303. The average molecular weight is 278 g/mol. The molecule has 1 heterocycles. The molecule has 18 heavy (non-hydrogen) atoms. The lowest BCUT2D eigenvalue weighted by atomic mass is 10.1. The van der Waals surface area contributed by atoms with Crippen molar-refractivity contribution in [1.82, 2.24) is 0 Å². The second kappa shape index (κ2) is 7.30. The first-order chi connectivity index (χ1) is 8.87. The molecule has 0 saturated carbocycles. The Labute approximate surface area is 120 Å². The average Bonchev–Trinajstić information content (AvgIpc) is 2.46. The molecule has 0 bridgehead atoms. The van der Waals surface area contributed by atoms with E-state index in [4.69, 9.17) is 0 Å². The van der Waals surface area contributed by atoms with Crippen molar-refractivity contribution >= 4 is 23.5 Å². The van der Waals surface area contributed by atoms with Crippen LogP contribution in [0, 0.1) is 0 Å². The van der Waals surface area contributed by atoms with Gasteiger partial charge in [0.05, 0.1) is 4.08 Å². The van der Waals surface area contributed by atoms with Crippen LogP contribution in [0.15, 0.2) is 42.5 Å². The monoisotopic (exact) mass is 278 g/mol. The first-order valence-electron chi connectivity index (χ1n) is 6.86. The van der Waals surface area contributed by atoms with Crippen LogP contribution >= 0.6 is 23.5 Å². The van der Waals surface area contributed by atoms with Gasteiger partial charge in [-0.05, 0) is 42.8 Å². The van der Waals surface area contributed by atoms with Crippen LogP contribution in [0.5, 0.6) is 0 Å². The largest absolute Gasteiger partial charge is 0.139 e. The summed E-state index contributed by atoms with van der Waals surface area (Å²) in [6.45, 7) is 2.20. The van der Waals surface area contributed by atoms with Gasteiger partial charge in [-0.25, -0.2) is 0 Å². The van der Waals surface area contributed by atoms with E-state index in [1.807, 2.05) is 0 Å². The van der Waals surface area contributed by atoms with E-state index in [1.54, 1.807) is 0 Å². The third-order valence-corrected chi connectivity index (χ3v) is 6.72. The Morgan fingerprint density at radius 1 is 1.11 bits per heavy atom. The summed E-state index contributed by atoms with van der Waals surface area (Å²) in [6, 6.07) is 11.1. The first kappa shape index (κ1) is 14.1. The van der Waals surface area contributed by atoms with Crippen molar-refractivity contribution in [2.75, 3.05) is 11.5 Å². The molecule has 0 spiro atoms. The second-order valence-electron chi connectivity index (χ2n) is 4.59. The van der Waals surface area contributed by atoms with Gasteiger partial charge in [-0.1, -0.05) is 49.4 Å². The van der Waals surface area contributed by atoms with Gasteiger partial charge in [0, 0.05) is 0 Å². The van der Waals surface area contributed by atoms with Crippen LogP contribution in [0.25, 0.3) is 0 Å². The molecular formula is C16H22S2. The Morgan fingerprint density at radius 3 is 2.50 bits per heavy atom. The fraction of sp³-hybridized carbons (Fsp3) is 0.500. The van der Waals surface area contributed by atoms with Gasteiger partial charge in [-0.2, -0.15) is 0 Å². The van der Waals surface area contributed by atoms with Gasteiger partial charge in [-0.3, -0.25) is 0 Å². The zero-order valence-electron chi connectivity index (χ0n) is 11.1. The summed E-state index contributed by atoms with van der Waals surface area (Å²) >= 11 is 4.30. The van der Waals surface area contributed by atoms with E-state index in [0.29, 0.717) is 4.08 Å². The molecule has 1 aliphatic rings. The molecule has 0 atom stereocenters. The quantitative estimate of drug-likeness (QED) is 0.656. The van der Waals surface area contributed by atoms with Crippen LogP contribution < -0.4 is 0 Å². The van der Waals surface area contributed by atoms with Crippen LogP contribution in [0.2, 0.25) is 0 Å². The van der Waals surface area contributed by atoms with Gasteiger partial charge in [0.15, 0.2) is 0 Å². The zero-order chi connectivity index (χ0) is 12.7. The van der Waals surface area contributed by atoms with E-state index in [1.165, 1.54) is 36.3 Å². The summed E-state index contributed by atoms with van der Waals surface area (Å²) in [5.74, 6) is 2.61. The summed E-state index contributed by atoms with van der Waals surface area (Å²) in [7, 11) is 0. The molecule has 0 nitrogen and oxygen atoms in total. The van der Waals surface area contributed by atoms with Crippen molar-refractivity contribution in [2.24, 2.45) is 0 Å². The topological polar surface area (TPSA) is 0 Å². The minimum absolute atomic E-state index is 0.303. The first-order valence-corrected chi connectivity index (χ1v) is 8.83. The highest BCUT2D eigenvalue weighted by Crippen LogP contribution is 2.53. The maximum atomic E-state index is 2.35. The number of allylic oxidation sites excluding steroid dienone is 2. The lowest BCUT2D eigenvalue weighted by Gasteiger charge is -2.36. The van der Waals surface area contributed by atoms with Crippen molar-refractivity contribution in [3.05, 3.63) is 48.0 Å². The summed E-state index contributed by atoms with van der Waals surface area (Å²) in [5.41, 5.74) is 1.50. The molecule has 2 rings (SSSR count). The van der Waals surface area contributed by atoms with Crippen molar-refractivity contribution in [1.29, 1.82) is 0 Å². The van der Waals surface area contributed by atoms with Crippen LogP contribution in [0.4, 0.5) is 0 Å². The predicted molar refractivity (Wildman–Crippen MR) is 86.3 cm³/mol. The number of thioether (sulfide) groups is 2. The minimum Gasteiger partial charge on any atom is -0.139 e. The highest BCUT2D eigenvalue weighted by molar-refractivity contribution is 8.18. The van der Waals surface area contributed by atoms with Gasteiger partial charge in [0.25, 0.3) is 0 Å².